The Hall–Kier alpha value is -1.90. The highest BCUT2D eigenvalue weighted by Crippen LogP contribution is 2.10. The monoisotopic (exact) mass is 303 g/mol. The van der Waals surface area contributed by atoms with Gasteiger partial charge in [-0.1, -0.05) is 42.5 Å². The van der Waals surface area contributed by atoms with Gasteiger partial charge in [0.2, 0.25) is 0 Å². The molecule has 0 bridgehead atoms. The minimum atomic E-state index is -0.263. The van der Waals surface area contributed by atoms with E-state index < -0.39 is 0 Å². The number of hydrogen-bond donors (Lipinski definition) is 0. The van der Waals surface area contributed by atoms with E-state index in [1.807, 2.05) is 19.2 Å². The van der Waals surface area contributed by atoms with E-state index in [-0.39, 0.29) is 5.97 Å². The molecule has 0 spiro atoms. The number of rotatable bonds is 11. The van der Waals surface area contributed by atoms with E-state index >= 15 is 0 Å². The van der Waals surface area contributed by atoms with Gasteiger partial charge in [-0.15, -0.1) is 0 Å². The Morgan fingerprint density at radius 2 is 1.82 bits per heavy atom. The summed E-state index contributed by atoms with van der Waals surface area (Å²) in [6, 6.07) is 0. The molecule has 0 rings (SSSR count). The van der Waals surface area contributed by atoms with Crippen molar-refractivity contribution in [2.45, 2.75) is 46.5 Å². The van der Waals surface area contributed by atoms with E-state index in [4.69, 9.17) is 4.74 Å². The Labute approximate surface area is 135 Å². The van der Waals surface area contributed by atoms with Gasteiger partial charge in [-0.25, -0.2) is 0 Å². The number of carbonyl (C=O) groups is 1. The first-order chi connectivity index (χ1) is 10.5. The second-order valence-electron chi connectivity index (χ2n) is 5.31. The molecule has 0 amide bonds. The SMILES string of the molecule is C=CC(=C)CC/C=C(\C)CC/C=C(C)/C=N/CCOC(C)=O. The summed E-state index contributed by atoms with van der Waals surface area (Å²) < 4.78 is 4.81. The summed E-state index contributed by atoms with van der Waals surface area (Å²) in [6.45, 7) is 14.1. The van der Waals surface area contributed by atoms with Crippen LogP contribution in [0.4, 0.5) is 0 Å². The minimum absolute atomic E-state index is 0.263. The quantitative estimate of drug-likeness (QED) is 0.180. The highest BCUT2D eigenvalue weighted by molar-refractivity contribution is 5.77. The minimum Gasteiger partial charge on any atom is -0.464 e. The highest BCUT2D eigenvalue weighted by Gasteiger charge is 1.92. The van der Waals surface area contributed by atoms with Crippen LogP contribution in [0.25, 0.3) is 0 Å². The predicted molar refractivity (Wildman–Crippen MR) is 95.3 cm³/mol. The lowest BCUT2D eigenvalue weighted by Gasteiger charge is -2.00. The number of hydrogen-bond acceptors (Lipinski definition) is 3. The molecule has 22 heavy (non-hydrogen) atoms. The van der Waals surface area contributed by atoms with Gasteiger partial charge in [0.05, 0.1) is 6.54 Å². The maximum Gasteiger partial charge on any atom is 0.302 e. The average Bonchev–Trinajstić information content (AvgIpc) is 2.46. The van der Waals surface area contributed by atoms with Crippen molar-refractivity contribution in [2.75, 3.05) is 13.2 Å². The third-order valence-corrected chi connectivity index (χ3v) is 3.07. The highest BCUT2D eigenvalue weighted by atomic mass is 16.5. The number of ether oxygens (including phenoxy) is 1. The van der Waals surface area contributed by atoms with E-state index in [1.54, 1.807) is 0 Å². The molecule has 3 heteroatoms. The van der Waals surface area contributed by atoms with Gasteiger partial charge in [0.15, 0.2) is 0 Å². The summed E-state index contributed by atoms with van der Waals surface area (Å²) >= 11 is 0. The van der Waals surface area contributed by atoms with Crippen LogP contribution in [0.5, 0.6) is 0 Å². The molecule has 0 aromatic heterocycles. The molecule has 0 saturated heterocycles. The van der Waals surface area contributed by atoms with Gasteiger partial charge in [0.1, 0.15) is 6.61 Å². The Balaban J connectivity index is 3.91. The van der Waals surface area contributed by atoms with Crippen molar-refractivity contribution in [3.63, 3.8) is 0 Å². The second-order valence-corrected chi connectivity index (χ2v) is 5.31. The van der Waals surface area contributed by atoms with Crippen LogP contribution in [0.3, 0.4) is 0 Å². The molecule has 0 aliphatic heterocycles. The van der Waals surface area contributed by atoms with Gasteiger partial charge >= 0.3 is 5.97 Å². The predicted octanol–water partition coefficient (Wildman–Crippen LogP) is 4.82. The zero-order valence-corrected chi connectivity index (χ0v) is 14.2. The lowest BCUT2D eigenvalue weighted by atomic mass is 10.1. The molecule has 0 aromatic rings. The molecule has 0 atom stereocenters. The number of carbonyl (C=O) groups excluding carboxylic acids is 1. The fourth-order valence-electron chi connectivity index (χ4n) is 1.74. The molecular weight excluding hydrogens is 274 g/mol. The van der Waals surface area contributed by atoms with Crippen molar-refractivity contribution in [1.29, 1.82) is 0 Å². The van der Waals surface area contributed by atoms with Crippen LogP contribution in [0, 0.1) is 0 Å². The molecule has 0 aliphatic rings. The van der Waals surface area contributed by atoms with Gasteiger partial charge in [0.25, 0.3) is 0 Å². The lowest BCUT2D eigenvalue weighted by Crippen LogP contribution is -2.03. The zero-order chi connectivity index (χ0) is 16.8. The van der Waals surface area contributed by atoms with Crippen LogP contribution >= 0.6 is 0 Å². The smallest absolute Gasteiger partial charge is 0.302 e. The third-order valence-electron chi connectivity index (χ3n) is 3.07. The van der Waals surface area contributed by atoms with Crippen LogP contribution in [0.2, 0.25) is 0 Å². The first-order valence-corrected chi connectivity index (χ1v) is 7.71. The number of allylic oxidation sites excluding steroid dienone is 6. The van der Waals surface area contributed by atoms with Crippen LogP contribution < -0.4 is 0 Å². The average molecular weight is 303 g/mol. The fraction of sp³-hybridized carbons (Fsp3) is 0.474. The van der Waals surface area contributed by atoms with Gasteiger partial charge in [-0.05, 0) is 45.1 Å². The molecule has 0 aliphatic carbocycles. The topological polar surface area (TPSA) is 38.7 Å². The summed E-state index contributed by atoms with van der Waals surface area (Å²) in [5, 5.41) is 0. The summed E-state index contributed by atoms with van der Waals surface area (Å²) in [5.74, 6) is -0.263. The Kier molecular flexibility index (Phi) is 11.7. The molecule has 0 fully saturated rings. The van der Waals surface area contributed by atoms with Gasteiger partial charge in [-0.2, -0.15) is 0 Å². The molecule has 3 nitrogen and oxygen atoms in total. The molecule has 0 heterocycles. The van der Waals surface area contributed by atoms with E-state index in [2.05, 4.69) is 37.2 Å². The lowest BCUT2D eigenvalue weighted by molar-refractivity contribution is -0.140. The van der Waals surface area contributed by atoms with Crippen molar-refractivity contribution < 1.29 is 9.53 Å². The standard InChI is InChI=1S/C19H29NO2/c1-6-16(2)9-7-10-17(3)11-8-12-18(4)15-20-13-14-22-19(5)21/h6,10,12,15H,1-2,7-9,11,13-14H2,3-5H3/b17-10+,18-12+,20-15+. The third kappa shape index (κ3) is 13.1. The van der Waals surface area contributed by atoms with Gasteiger partial charge in [0, 0.05) is 13.1 Å². The van der Waals surface area contributed by atoms with Crippen molar-refractivity contribution >= 4 is 12.2 Å². The van der Waals surface area contributed by atoms with Crippen molar-refractivity contribution in [3.05, 3.63) is 48.1 Å². The van der Waals surface area contributed by atoms with Crippen LogP contribution in [0.15, 0.2) is 53.1 Å². The molecule has 122 valence electrons. The fourth-order valence-corrected chi connectivity index (χ4v) is 1.74. The van der Waals surface area contributed by atoms with Crippen LogP contribution in [-0.4, -0.2) is 25.3 Å². The summed E-state index contributed by atoms with van der Waals surface area (Å²) in [4.78, 5) is 14.8. The molecule has 0 unspecified atom stereocenters. The normalized spacial score (nSPS) is 12.5. The van der Waals surface area contributed by atoms with Crippen molar-refractivity contribution in [1.82, 2.24) is 0 Å². The van der Waals surface area contributed by atoms with E-state index in [0.717, 1.165) is 36.8 Å². The van der Waals surface area contributed by atoms with E-state index in [1.165, 1.54) is 12.5 Å². The first-order valence-electron chi connectivity index (χ1n) is 7.71. The Bertz CT molecular complexity index is 456. The molecular formula is C19H29NO2. The molecule has 0 aromatic carbocycles. The number of esters is 1. The second kappa shape index (κ2) is 12.8. The number of aliphatic imine (C=N–C) groups is 1. The zero-order valence-electron chi connectivity index (χ0n) is 14.2. The number of nitrogens with zero attached hydrogens (tertiary/aromatic N) is 1. The molecule has 0 radical (unpaired) electrons. The Morgan fingerprint density at radius 3 is 2.45 bits per heavy atom. The van der Waals surface area contributed by atoms with E-state index in [0.29, 0.717) is 13.2 Å². The summed E-state index contributed by atoms with van der Waals surface area (Å²) in [6.07, 6.45) is 12.2. The maximum atomic E-state index is 10.6. The van der Waals surface area contributed by atoms with Crippen LogP contribution in [0.1, 0.15) is 46.5 Å². The largest absolute Gasteiger partial charge is 0.464 e. The maximum absolute atomic E-state index is 10.6. The first kappa shape index (κ1) is 20.1. The van der Waals surface area contributed by atoms with Gasteiger partial charge < -0.3 is 4.74 Å². The van der Waals surface area contributed by atoms with Crippen LogP contribution in [-0.2, 0) is 9.53 Å². The Morgan fingerprint density at radius 1 is 1.14 bits per heavy atom. The van der Waals surface area contributed by atoms with Crippen molar-refractivity contribution in [2.24, 2.45) is 4.99 Å². The van der Waals surface area contributed by atoms with Gasteiger partial charge in [-0.3, -0.25) is 9.79 Å². The van der Waals surface area contributed by atoms with Crippen molar-refractivity contribution in [3.8, 4) is 0 Å². The molecule has 0 saturated carbocycles. The molecule has 0 N–H and O–H groups in total. The summed E-state index contributed by atoms with van der Waals surface area (Å²) in [7, 11) is 0. The van der Waals surface area contributed by atoms with E-state index in [9.17, 15) is 4.79 Å². The summed E-state index contributed by atoms with van der Waals surface area (Å²) in [5.41, 5.74) is 3.62.